The summed E-state index contributed by atoms with van der Waals surface area (Å²) < 4.78 is 0. The Hall–Kier alpha value is -5.46. The van der Waals surface area contributed by atoms with Crippen LogP contribution in [0.2, 0.25) is 0 Å². The molecule has 0 nitrogen and oxygen atoms in total. The third-order valence-corrected chi connectivity index (χ3v) is 11.9. The molecular formula is C50H38. The Bertz CT molecular complexity index is 3140. The van der Waals surface area contributed by atoms with Crippen molar-refractivity contribution in [3.05, 3.63) is 132 Å². The minimum absolute atomic E-state index is 0.0717. The van der Waals surface area contributed by atoms with E-state index in [0.717, 1.165) is 0 Å². The molecule has 1 aliphatic carbocycles. The fourth-order valence-corrected chi connectivity index (χ4v) is 9.20. The van der Waals surface area contributed by atoms with Gasteiger partial charge in [0.25, 0.3) is 0 Å². The van der Waals surface area contributed by atoms with Gasteiger partial charge in [0.15, 0.2) is 0 Å². The summed E-state index contributed by atoms with van der Waals surface area (Å²) in [5.74, 6) is 0. The standard InChI is InChI=1S/C50H38/c1-49(2,3)34-14-16-36-38-21-31-22-39-37-15-13-27-11-12-30-17-35(50(4,5)6)18-33-25-45(48(37)47(27)46(30)33)43(39)24-32(31)23-42(38)40-19-28-9-7-8-10-29(28)20-41(40)44(36)26-34/h7-26H,1-6H3. The molecule has 0 saturated carbocycles. The number of rotatable bonds is 0. The molecule has 0 aliphatic heterocycles. The van der Waals surface area contributed by atoms with Crippen LogP contribution in [0.5, 0.6) is 0 Å². The topological polar surface area (TPSA) is 0 Å². The van der Waals surface area contributed by atoms with Crippen LogP contribution in [-0.4, -0.2) is 0 Å². The summed E-state index contributed by atoms with van der Waals surface area (Å²) in [6, 6.07) is 47.5. The average Bonchev–Trinajstić information content (AvgIpc) is 3.40. The second-order valence-electron chi connectivity index (χ2n) is 17.0. The number of hydrogen-bond acceptors (Lipinski definition) is 0. The van der Waals surface area contributed by atoms with E-state index >= 15 is 0 Å². The van der Waals surface area contributed by atoms with Gasteiger partial charge in [-0.3, -0.25) is 0 Å². The van der Waals surface area contributed by atoms with Crippen molar-refractivity contribution >= 4 is 86.2 Å². The molecule has 0 unspecified atom stereocenters. The van der Waals surface area contributed by atoms with E-state index in [1.807, 2.05) is 0 Å². The van der Waals surface area contributed by atoms with Crippen LogP contribution in [0, 0.1) is 0 Å². The molecule has 10 aromatic carbocycles. The molecule has 11 rings (SSSR count). The van der Waals surface area contributed by atoms with E-state index in [1.54, 1.807) is 0 Å². The summed E-state index contributed by atoms with van der Waals surface area (Å²) in [5.41, 5.74) is 8.36. The van der Waals surface area contributed by atoms with Gasteiger partial charge in [-0.1, -0.05) is 114 Å². The molecule has 10 aromatic rings. The molecule has 0 saturated heterocycles. The van der Waals surface area contributed by atoms with Crippen molar-refractivity contribution in [2.45, 2.75) is 52.4 Å². The lowest BCUT2D eigenvalue weighted by Gasteiger charge is -2.22. The van der Waals surface area contributed by atoms with Gasteiger partial charge in [0, 0.05) is 0 Å². The molecule has 0 heterocycles. The fraction of sp³-hybridized carbons (Fsp3) is 0.160. The zero-order valence-corrected chi connectivity index (χ0v) is 29.5. The van der Waals surface area contributed by atoms with Gasteiger partial charge in [-0.05, 0) is 179 Å². The van der Waals surface area contributed by atoms with Crippen molar-refractivity contribution < 1.29 is 0 Å². The van der Waals surface area contributed by atoms with E-state index in [-0.39, 0.29) is 10.8 Å². The quantitative estimate of drug-likeness (QED) is 0.115. The van der Waals surface area contributed by atoms with Gasteiger partial charge >= 0.3 is 0 Å². The van der Waals surface area contributed by atoms with Crippen molar-refractivity contribution in [2.24, 2.45) is 0 Å². The summed E-state index contributed by atoms with van der Waals surface area (Å²) in [5, 5.41) is 21.4. The molecule has 0 atom stereocenters. The van der Waals surface area contributed by atoms with Gasteiger partial charge in [-0.15, -0.1) is 0 Å². The lowest BCUT2D eigenvalue weighted by molar-refractivity contribution is 0.591. The second-order valence-corrected chi connectivity index (χ2v) is 17.0. The predicted molar refractivity (Wildman–Crippen MR) is 220 cm³/mol. The van der Waals surface area contributed by atoms with Crippen LogP contribution in [0.1, 0.15) is 52.7 Å². The molecule has 0 aromatic heterocycles. The van der Waals surface area contributed by atoms with E-state index in [0.29, 0.717) is 0 Å². The first-order valence-corrected chi connectivity index (χ1v) is 18.1. The summed E-state index contributed by atoms with van der Waals surface area (Å²) in [7, 11) is 0. The number of benzene rings is 10. The van der Waals surface area contributed by atoms with E-state index in [4.69, 9.17) is 0 Å². The zero-order valence-electron chi connectivity index (χ0n) is 29.5. The van der Waals surface area contributed by atoms with Crippen molar-refractivity contribution in [2.75, 3.05) is 0 Å². The maximum Gasteiger partial charge on any atom is -0.00137 e. The Morgan fingerprint density at radius 3 is 1.46 bits per heavy atom. The van der Waals surface area contributed by atoms with Gasteiger partial charge in [0.05, 0.1) is 0 Å². The molecule has 0 amide bonds. The van der Waals surface area contributed by atoms with Crippen LogP contribution in [0.3, 0.4) is 0 Å². The zero-order chi connectivity index (χ0) is 33.8. The van der Waals surface area contributed by atoms with Crippen molar-refractivity contribution in [1.29, 1.82) is 0 Å². The highest BCUT2D eigenvalue weighted by Gasteiger charge is 2.27. The molecule has 0 bridgehead atoms. The van der Waals surface area contributed by atoms with E-state index < -0.39 is 0 Å². The molecule has 238 valence electrons. The second kappa shape index (κ2) is 9.20. The molecule has 0 fully saturated rings. The normalized spacial score (nSPS) is 13.4. The van der Waals surface area contributed by atoms with Crippen LogP contribution in [0.15, 0.2) is 121 Å². The maximum absolute atomic E-state index is 2.49. The van der Waals surface area contributed by atoms with Gasteiger partial charge in [0.1, 0.15) is 0 Å². The van der Waals surface area contributed by atoms with E-state index in [1.165, 1.54) is 120 Å². The lowest BCUT2D eigenvalue weighted by Crippen LogP contribution is -2.10. The average molecular weight is 639 g/mol. The summed E-state index contributed by atoms with van der Waals surface area (Å²) >= 11 is 0. The predicted octanol–water partition coefficient (Wildman–Crippen LogP) is 14.6. The van der Waals surface area contributed by atoms with Crippen LogP contribution >= 0.6 is 0 Å². The summed E-state index contributed by atoms with van der Waals surface area (Å²) in [4.78, 5) is 0. The Labute approximate surface area is 292 Å². The van der Waals surface area contributed by atoms with E-state index in [9.17, 15) is 0 Å². The first-order valence-electron chi connectivity index (χ1n) is 18.1. The van der Waals surface area contributed by atoms with Crippen LogP contribution in [0.25, 0.3) is 108 Å². The van der Waals surface area contributed by atoms with Crippen molar-refractivity contribution in [1.82, 2.24) is 0 Å². The third kappa shape index (κ3) is 3.72. The number of hydrogen-bond donors (Lipinski definition) is 0. The monoisotopic (exact) mass is 638 g/mol. The van der Waals surface area contributed by atoms with Gasteiger partial charge in [0.2, 0.25) is 0 Å². The Morgan fingerprint density at radius 2 is 0.800 bits per heavy atom. The number of fused-ring (bicyclic) bond motifs is 11. The summed E-state index contributed by atoms with van der Waals surface area (Å²) in [6.07, 6.45) is 0. The van der Waals surface area contributed by atoms with Crippen molar-refractivity contribution in [3.8, 4) is 22.3 Å². The van der Waals surface area contributed by atoms with Crippen LogP contribution in [-0.2, 0) is 10.8 Å². The minimum atomic E-state index is 0.0717. The third-order valence-electron chi connectivity index (χ3n) is 11.9. The largest absolute Gasteiger partial charge is 0.0616 e. The molecule has 0 N–H and O–H groups in total. The van der Waals surface area contributed by atoms with E-state index in [2.05, 4.69) is 163 Å². The highest BCUT2D eigenvalue weighted by Crippen LogP contribution is 2.53. The highest BCUT2D eigenvalue weighted by atomic mass is 14.3. The molecule has 1 aliphatic rings. The smallest absolute Gasteiger partial charge is 0.00137 e. The summed E-state index contributed by atoms with van der Waals surface area (Å²) in [6.45, 7) is 13.9. The molecule has 0 spiro atoms. The SMILES string of the molecule is CC(C)(C)c1cc2ccc3ccc4c5c(cc(c1)c2c35)-c1cc2cc3c(cc2cc1-4)c1ccc(C(C)(C)C)cc1c1cc2ccccc2cc13. The molecular weight excluding hydrogens is 601 g/mol. The van der Waals surface area contributed by atoms with Crippen LogP contribution in [0.4, 0.5) is 0 Å². The van der Waals surface area contributed by atoms with Crippen molar-refractivity contribution in [3.63, 3.8) is 0 Å². The highest BCUT2D eigenvalue weighted by molar-refractivity contribution is 6.33. The maximum atomic E-state index is 2.49. The van der Waals surface area contributed by atoms with Gasteiger partial charge < -0.3 is 0 Å². The Morgan fingerprint density at radius 1 is 0.280 bits per heavy atom. The lowest BCUT2D eigenvalue weighted by atomic mass is 9.82. The fourth-order valence-electron chi connectivity index (χ4n) is 9.20. The molecule has 0 heteroatoms. The molecule has 50 heavy (non-hydrogen) atoms. The first kappa shape index (κ1) is 28.4. The van der Waals surface area contributed by atoms with Gasteiger partial charge in [-0.25, -0.2) is 0 Å². The van der Waals surface area contributed by atoms with Gasteiger partial charge in [-0.2, -0.15) is 0 Å². The molecule has 0 radical (unpaired) electrons. The Balaban J connectivity index is 1.25. The van der Waals surface area contributed by atoms with Crippen LogP contribution < -0.4 is 0 Å². The Kier molecular flexibility index (Phi) is 5.22. The first-order chi connectivity index (χ1) is 24.0. The minimum Gasteiger partial charge on any atom is -0.0616 e.